The number of hydrogen-bond acceptors (Lipinski definition) is 6. The second-order valence-corrected chi connectivity index (χ2v) is 9.94. The van der Waals surface area contributed by atoms with Crippen LogP contribution in [0.4, 0.5) is 4.79 Å². The van der Waals surface area contributed by atoms with Crippen molar-refractivity contribution in [1.29, 1.82) is 0 Å². The highest BCUT2D eigenvalue weighted by Gasteiger charge is 2.28. The number of carbonyl (C=O) groups excluding carboxylic acids is 2. The van der Waals surface area contributed by atoms with E-state index in [9.17, 15) is 14.4 Å². The Kier molecular flexibility index (Phi) is 6.96. The number of benzene rings is 1. The van der Waals surface area contributed by atoms with Crippen molar-refractivity contribution < 1.29 is 23.5 Å². The van der Waals surface area contributed by atoms with Crippen molar-refractivity contribution in [2.75, 3.05) is 0 Å². The minimum absolute atomic E-state index is 0.141. The normalized spacial score (nSPS) is 14.7. The van der Waals surface area contributed by atoms with Gasteiger partial charge in [0.15, 0.2) is 0 Å². The Morgan fingerprint density at radius 1 is 1.12 bits per heavy atom. The molecule has 1 amide bonds. The average Bonchev–Trinajstić information content (AvgIpc) is 2.65. The van der Waals surface area contributed by atoms with E-state index in [1.54, 1.807) is 32.9 Å². The van der Waals surface area contributed by atoms with Crippen LogP contribution in [0.1, 0.15) is 70.6 Å². The Morgan fingerprint density at radius 2 is 1.78 bits per heavy atom. The van der Waals surface area contributed by atoms with Gasteiger partial charge in [-0.25, -0.2) is 14.4 Å². The number of alkyl carbamates (subject to hydrolysis) is 1. The molecular formula is C25H33NO6. The molecule has 32 heavy (non-hydrogen) atoms. The zero-order valence-corrected chi connectivity index (χ0v) is 19.8. The van der Waals surface area contributed by atoms with Crippen molar-refractivity contribution in [2.45, 2.75) is 85.3 Å². The first kappa shape index (κ1) is 23.8. The third-order valence-electron chi connectivity index (χ3n) is 5.32. The number of rotatable bonds is 5. The molecule has 0 unspecified atom stereocenters. The van der Waals surface area contributed by atoms with Gasteiger partial charge in [-0.3, -0.25) is 0 Å². The monoisotopic (exact) mass is 443 g/mol. The molecule has 2 aromatic rings. The van der Waals surface area contributed by atoms with E-state index in [0.717, 1.165) is 30.4 Å². The van der Waals surface area contributed by atoms with Crippen LogP contribution in [0.3, 0.4) is 0 Å². The molecule has 0 bridgehead atoms. The number of esters is 1. The summed E-state index contributed by atoms with van der Waals surface area (Å²) in [7, 11) is 0. The summed E-state index contributed by atoms with van der Waals surface area (Å²) in [4.78, 5) is 37.9. The molecule has 3 rings (SSSR count). The van der Waals surface area contributed by atoms with Gasteiger partial charge in [0.05, 0.1) is 5.39 Å². The van der Waals surface area contributed by atoms with Gasteiger partial charge < -0.3 is 19.2 Å². The van der Waals surface area contributed by atoms with E-state index in [1.807, 2.05) is 20.8 Å². The quantitative estimate of drug-likeness (QED) is 0.404. The largest absolute Gasteiger partial charge is 0.444 e. The number of nitrogens with one attached hydrogen (secondary N) is 1. The van der Waals surface area contributed by atoms with E-state index in [0.29, 0.717) is 35.1 Å². The highest BCUT2D eigenvalue weighted by molar-refractivity contribution is 5.92. The maximum absolute atomic E-state index is 13.2. The van der Waals surface area contributed by atoms with Gasteiger partial charge in [0, 0.05) is 5.56 Å². The maximum atomic E-state index is 13.2. The summed E-state index contributed by atoms with van der Waals surface area (Å²) in [5.41, 5.74) is 1.78. The third kappa shape index (κ3) is 5.69. The minimum Gasteiger partial charge on any atom is -0.444 e. The van der Waals surface area contributed by atoms with Crippen LogP contribution in [0.5, 0.6) is 5.75 Å². The Labute approximate surface area is 188 Å². The van der Waals surface area contributed by atoms with Gasteiger partial charge in [0.1, 0.15) is 23.0 Å². The van der Waals surface area contributed by atoms with Gasteiger partial charge in [-0.05, 0) is 89.0 Å². The van der Waals surface area contributed by atoms with Crippen molar-refractivity contribution >= 4 is 23.0 Å². The number of aryl methyl sites for hydroxylation is 2. The van der Waals surface area contributed by atoms with E-state index in [1.165, 1.54) is 0 Å². The molecule has 1 aromatic carbocycles. The fraction of sp³-hybridized carbons (Fsp3) is 0.560. The Hall–Kier alpha value is -2.83. The fourth-order valence-electron chi connectivity index (χ4n) is 4.06. The van der Waals surface area contributed by atoms with Crippen LogP contribution in [-0.4, -0.2) is 23.7 Å². The first-order valence-electron chi connectivity index (χ1n) is 11.2. The second kappa shape index (κ2) is 9.35. The van der Waals surface area contributed by atoms with Crippen LogP contribution in [0, 0.1) is 12.8 Å². The predicted molar refractivity (Wildman–Crippen MR) is 122 cm³/mol. The van der Waals surface area contributed by atoms with Crippen molar-refractivity contribution in [3.63, 3.8) is 0 Å². The second-order valence-electron chi connectivity index (χ2n) is 9.94. The van der Waals surface area contributed by atoms with Crippen LogP contribution in [-0.2, 0) is 22.4 Å². The summed E-state index contributed by atoms with van der Waals surface area (Å²) in [5.74, 6) is -0.0821. The SMILES string of the molecule is Cc1cc(OC(=O)[C@@H](CC(C)C)NC(=O)OC(C)(C)C)c2c3c(c(=O)oc2c1)CCCC3. The van der Waals surface area contributed by atoms with Gasteiger partial charge in [0.25, 0.3) is 0 Å². The topological polar surface area (TPSA) is 94.8 Å². The van der Waals surface area contributed by atoms with Gasteiger partial charge in [-0.15, -0.1) is 0 Å². The lowest BCUT2D eigenvalue weighted by Crippen LogP contribution is -2.45. The van der Waals surface area contributed by atoms with Crippen LogP contribution < -0.4 is 15.7 Å². The van der Waals surface area contributed by atoms with Gasteiger partial charge >= 0.3 is 17.7 Å². The van der Waals surface area contributed by atoms with Crippen molar-refractivity contribution in [2.24, 2.45) is 5.92 Å². The predicted octanol–water partition coefficient (Wildman–Crippen LogP) is 4.83. The molecule has 1 aliphatic carbocycles. The van der Waals surface area contributed by atoms with Crippen LogP contribution in [0.15, 0.2) is 21.3 Å². The lowest BCUT2D eigenvalue weighted by molar-refractivity contribution is -0.137. The summed E-state index contributed by atoms with van der Waals surface area (Å²) in [5, 5.41) is 3.32. The van der Waals surface area contributed by atoms with Crippen LogP contribution >= 0.6 is 0 Å². The number of hydrogen-bond donors (Lipinski definition) is 1. The number of ether oxygens (including phenoxy) is 2. The average molecular weight is 444 g/mol. The molecule has 0 spiro atoms. The smallest absolute Gasteiger partial charge is 0.408 e. The molecular weight excluding hydrogens is 410 g/mol. The highest BCUT2D eigenvalue weighted by Crippen LogP contribution is 2.35. The molecule has 174 valence electrons. The number of fused-ring (bicyclic) bond motifs is 3. The first-order valence-corrected chi connectivity index (χ1v) is 11.2. The molecule has 1 aliphatic rings. The first-order chi connectivity index (χ1) is 14.9. The van der Waals surface area contributed by atoms with E-state index < -0.39 is 23.7 Å². The van der Waals surface area contributed by atoms with Gasteiger partial charge in [-0.1, -0.05) is 13.8 Å². The minimum atomic E-state index is -0.869. The maximum Gasteiger partial charge on any atom is 0.408 e. The molecule has 7 heteroatoms. The summed E-state index contributed by atoms with van der Waals surface area (Å²) in [6, 6.07) is 2.69. The summed E-state index contributed by atoms with van der Waals surface area (Å²) in [6.45, 7) is 11.1. The molecule has 0 saturated heterocycles. The van der Waals surface area contributed by atoms with Crippen molar-refractivity contribution in [1.82, 2.24) is 5.32 Å². The van der Waals surface area contributed by atoms with Gasteiger partial charge in [-0.2, -0.15) is 0 Å². The summed E-state index contributed by atoms with van der Waals surface area (Å²) in [6.07, 6.45) is 3.01. The molecule has 0 radical (unpaired) electrons. The zero-order chi connectivity index (χ0) is 23.6. The summed E-state index contributed by atoms with van der Waals surface area (Å²) < 4.78 is 16.7. The Morgan fingerprint density at radius 3 is 2.41 bits per heavy atom. The highest BCUT2D eigenvalue weighted by atomic mass is 16.6. The molecule has 1 heterocycles. The molecule has 0 saturated carbocycles. The van der Waals surface area contributed by atoms with Crippen molar-refractivity contribution in [3.8, 4) is 5.75 Å². The standard InChI is InChI=1S/C25H33NO6/c1-14(2)11-18(26-24(29)32-25(4,5)6)23(28)31-20-13-15(3)12-19-21(20)16-9-7-8-10-17(16)22(27)30-19/h12-14,18H,7-11H2,1-6H3,(H,26,29)/t18-/m1/s1. The third-order valence-corrected chi connectivity index (χ3v) is 5.32. The van der Waals surface area contributed by atoms with Gasteiger partial charge in [0.2, 0.25) is 0 Å². The lowest BCUT2D eigenvalue weighted by Gasteiger charge is -2.24. The number of amides is 1. The molecule has 1 atom stereocenters. The van der Waals surface area contributed by atoms with E-state index >= 15 is 0 Å². The fourth-order valence-corrected chi connectivity index (χ4v) is 4.06. The van der Waals surface area contributed by atoms with E-state index in [2.05, 4.69) is 5.32 Å². The van der Waals surface area contributed by atoms with E-state index in [-0.39, 0.29) is 11.5 Å². The molecule has 1 aromatic heterocycles. The van der Waals surface area contributed by atoms with E-state index in [4.69, 9.17) is 13.9 Å². The number of carbonyl (C=O) groups is 2. The molecule has 1 N–H and O–H groups in total. The molecule has 0 fully saturated rings. The molecule has 7 nitrogen and oxygen atoms in total. The van der Waals surface area contributed by atoms with Crippen LogP contribution in [0.2, 0.25) is 0 Å². The Bertz CT molecular complexity index is 1080. The van der Waals surface area contributed by atoms with Crippen LogP contribution in [0.25, 0.3) is 11.0 Å². The zero-order valence-electron chi connectivity index (χ0n) is 19.8. The summed E-state index contributed by atoms with van der Waals surface area (Å²) >= 11 is 0. The van der Waals surface area contributed by atoms with Crippen molar-refractivity contribution in [3.05, 3.63) is 39.2 Å². The molecule has 0 aliphatic heterocycles. The lowest BCUT2D eigenvalue weighted by atomic mass is 9.90. The Balaban J connectivity index is 1.96.